The van der Waals surface area contributed by atoms with Crippen LogP contribution in [0, 0.1) is 0 Å². The van der Waals surface area contributed by atoms with E-state index in [9.17, 15) is 0 Å². The minimum absolute atomic E-state index is 0.0404. The third-order valence-corrected chi connectivity index (χ3v) is 4.13. The number of rotatable bonds is 3. The summed E-state index contributed by atoms with van der Waals surface area (Å²) in [4.78, 5) is 4.32. The second-order valence-corrected chi connectivity index (χ2v) is 5.86. The molecule has 0 fully saturated rings. The van der Waals surface area contributed by atoms with Gasteiger partial charge in [-0.05, 0) is 23.8 Å². The predicted octanol–water partition coefficient (Wildman–Crippen LogP) is 3.42. The number of nitrogens with zero attached hydrogens (tertiary/aromatic N) is 4. The molecule has 1 unspecified atom stereocenters. The van der Waals surface area contributed by atoms with Crippen LogP contribution < -0.4 is 0 Å². The SMILES string of the molecule is CCc1noc(-c2cc3n(n2)CC(c2ccc(Cl)cc2)OC3)n1. The monoisotopic (exact) mass is 330 g/mol. The van der Waals surface area contributed by atoms with Crippen molar-refractivity contribution >= 4 is 11.6 Å². The van der Waals surface area contributed by atoms with Gasteiger partial charge in [0.1, 0.15) is 6.10 Å². The Morgan fingerprint density at radius 3 is 2.87 bits per heavy atom. The van der Waals surface area contributed by atoms with Crippen LogP contribution in [0.4, 0.5) is 0 Å². The average molecular weight is 331 g/mol. The Morgan fingerprint density at radius 1 is 1.30 bits per heavy atom. The van der Waals surface area contributed by atoms with Crippen molar-refractivity contribution in [1.29, 1.82) is 0 Å². The Hall–Kier alpha value is -2.18. The van der Waals surface area contributed by atoms with Crippen LogP contribution in [0.5, 0.6) is 0 Å². The molecule has 1 aliphatic heterocycles. The number of aromatic nitrogens is 4. The lowest BCUT2D eigenvalue weighted by Gasteiger charge is -2.24. The molecule has 0 N–H and O–H groups in total. The van der Waals surface area contributed by atoms with Gasteiger partial charge in [0.2, 0.25) is 0 Å². The zero-order valence-electron chi connectivity index (χ0n) is 12.6. The lowest BCUT2D eigenvalue weighted by molar-refractivity contribution is -0.00112. The van der Waals surface area contributed by atoms with Crippen molar-refractivity contribution in [3.05, 3.63) is 52.4 Å². The van der Waals surface area contributed by atoms with Crippen LogP contribution in [-0.2, 0) is 24.3 Å². The van der Waals surface area contributed by atoms with Gasteiger partial charge in [0.15, 0.2) is 11.5 Å². The summed E-state index contributed by atoms with van der Waals surface area (Å²) < 4.78 is 13.1. The van der Waals surface area contributed by atoms with Crippen LogP contribution in [0.25, 0.3) is 11.6 Å². The maximum absolute atomic E-state index is 5.94. The van der Waals surface area contributed by atoms with E-state index >= 15 is 0 Å². The van der Waals surface area contributed by atoms with Crippen LogP contribution in [0.1, 0.15) is 30.1 Å². The van der Waals surface area contributed by atoms with Crippen molar-refractivity contribution in [1.82, 2.24) is 19.9 Å². The van der Waals surface area contributed by atoms with Gasteiger partial charge in [-0.2, -0.15) is 10.1 Å². The Bertz CT molecular complexity index is 825. The van der Waals surface area contributed by atoms with Crippen molar-refractivity contribution < 1.29 is 9.26 Å². The lowest BCUT2D eigenvalue weighted by atomic mass is 10.1. The normalized spacial score (nSPS) is 17.2. The van der Waals surface area contributed by atoms with Crippen molar-refractivity contribution in [2.24, 2.45) is 0 Å². The minimum atomic E-state index is -0.0404. The van der Waals surface area contributed by atoms with E-state index in [1.165, 1.54) is 0 Å². The third kappa shape index (κ3) is 2.75. The molecule has 0 saturated carbocycles. The number of hydrogen-bond donors (Lipinski definition) is 0. The van der Waals surface area contributed by atoms with E-state index in [-0.39, 0.29) is 6.10 Å². The van der Waals surface area contributed by atoms with Crippen LogP contribution in [-0.4, -0.2) is 19.9 Å². The molecule has 0 aliphatic carbocycles. The summed E-state index contributed by atoms with van der Waals surface area (Å²) in [7, 11) is 0. The molecule has 0 saturated heterocycles. The predicted molar refractivity (Wildman–Crippen MR) is 83.9 cm³/mol. The third-order valence-electron chi connectivity index (χ3n) is 3.88. The highest BCUT2D eigenvalue weighted by molar-refractivity contribution is 6.30. The molecule has 1 aliphatic rings. The fraction of sp³-hybridized carbons (Fsp3) is 0.312. The maximum atomic E-state index is 5.94. The highest BCUT2D eigenvalue weighted by Gasteiger charge is 2.24. The largest absolute Gasteiger partial charge is 0.365 e. The summed E-state index contributed by atoms with van der Waals surface area (Å²) >= 11 is 5.94. The Labute approximate surface area is 138 Å². The fourth-order valence-corrected chi connectivity index (χ4v) is 2.74. The number of ether oxygens (including phenoxy) is 1. The summed E-state index contributed by atoms with van der Waals surface area (Å²) in [6.45, 7) is 3.12. The molecule has 4 rings (SSSR count). The van der Waals surface area contributed by atoms with Crippen LogP contribution in [0.3, 0.4) is 0 Å². The molecule has 1 aromatic carbocycles. The van der Waals surface area contributed by atoms with E-state index < -0.39 is 0 Å². The van der Waals surface area contributed by atoms with E-state index in [0.717, 1.165) is 22.7 Å². The minimum Gasteiger partial charge on any atom is -0.365 e. The molecular formula is C16H15ClN4O2. The first kappa shape index (κ1) is 14.4. The Kier molecular flexibility index (Phi) is 3.63. The number of fused-ring (bicyclic) bond motifs is 1. The smallest absolute Gasteiger partial charge is 0.278 e. The Morgan fingerprint density at radius 2 is 2.13 bits per heavy atom. The van der Waals surface area contributed by atoms with Crippen LogP contribution in [0.2, 0.25) is 5.02 Å². The number of hydrogen-bond acceptors (Lipinski definition) is 5. The standard InChI is InChI=1S/C16H15ClN4O2/c1-2-15-18-16(23-20-15)13-7-12-9-22-14(8-21(12)19-13)10-3-5-11(17)6-4-10/h3-7,14H,2,8-9H2,1H3. The van der Waals surface area contributed by atoms with E-state index in [1.807, 2.05) is 41.9 Å². The molecule has 23 heavy (non-hydrogen) atoms. The summed E-state index contributed by atoms with van der Waals surface area (Å²) in [5.41, 5.74) is 2.78. The van der Waals surface area contributed by atoms with Crippen molar-refractivity contribution in [2.75, 3.05) is 0 Å². The zero-order chi connectivity index (χ0) is 15.8. The molecule has 2 aromatic heterocycles. The molecule has 0 radical (unpaired) electrons. The average Bonchev–Trinajstić information content (AvgIpc) is 3.21. The van der Waals surface area contributed by atoms with Gasteiger partial charge in [0.05, 0.1) is 18.8 Å². The highest BCUT2D eigenvalue weighted by atomic mass is 35.5. The first-order valence-corrected chi connectivity index (χ1v) is 7.87. The second kappa shape index (κ2) is 5.79. The second-order valence-electron chi connectivity index (χ2n) is 5.42. The van der Waals surface area contributed by atoms with Crippen LogP contribution in [0.15, 0.2) is 34.9 Å². The van der Waals surface area contributed by atoms with Gasteiger partial charge >= 0.3 is 0 Å². The summed E-state index contributed by atoms with van der Waals surface area (Å²) in [5, 5.41) is 9.20. The molecule has 1 atom stereocenters. The molecule has 3 aromatic rings. The van der Waals surface area contributed by atoms with Gasteiger partial charge in [0.25, 0.3) is 5.89 Å². The van der Waals surface area contributed by atoms with Crippen LogP contribution >= 0.6 is 11.6 Å². The van der Waals surface area contributed by atoms with Gasteiger partial charge < -0.3 is 9.26 Å². The number of benzene rings is 1. The van der Waals surface area contributed by atoms with Gasteiger partial charge in [-0.1, -0.05) is 35.8 Å². The molecule has 3 heterocycles. The molecular weight excluding hydrogens is 316 g/mol. The quantitative estimate of drug-likeness (QED) is 0.736. The molecule has 6 nitrogen and oxygen atoms in total. The number of aryl methyl sites for hydroxylation is 1. The molecule has 7 heteroatoms. The van der Waals surface area contributed by atoms with Gasteiger partial charge in [-0.15, -0.1) is 0 Å². The van der Waals surface area contributed by atoms with E-state index in [4.69, 9.17) is 20.9 Å². The fourth-order valence-electron chi connectivity index (χ4n) is 2.61. The first-order chi connectivity index (χ1) is 11.2. The van der Waals surface area contributed by atoms with Crippen molar-refractivity contribution in [3.8, 4) is 11.6 Å². The molecule has 118 valence electrons. The maximum Gasteiger partial charge on any atom is 0.278 e. The molecule has 0 amide bonds. The van der Waals surface area contributed by atoms with E-state index in [2.05, 4.69) is 15.2 Å². The highest BCUT2D eigenvalue weighted by Crippen LogP contribution is 2.29. The van der Waals surface area contributed by atoms with E-state index in [1.54, 1.807) is 0 Å². The van der Waals surface area contributed by atoms with E-state index in [0.29, 0.717) is 30.6 Å². The topological polar surface area (TPSA) is 66.0 Å². The van der Waals surface area contributed by atoms with Gasteiger partial charge in [0, 0.05) is 11.4 Å². The Balaban J connectivity index is 1.59. The van der Waals surface area contributed by atoms with Crippen molar-refractivity contribution in [2.45, 2.75) is 32.6 Å². The zero-order valence-corrected chi connectivity index (χ0v) is 13.3. The first-order valence-electron chi connectivity index (χ1n) is 7.49. The van der Waals surface area contributed by atoms with Gasteiger partial charge in [-0.3, -0.25) is 4.68 Å². The van der Waals surface area contributed by atoms with Gasteiger partial charge in [-0.25, -0.2) is 0 Å². The number of halogens is 1. The lowest BCUT2D eigenvalue weighted by Crippen LogP contribution is -2.21. The summed E-state index contributed by atoms with van der Waals surface area (Å²) in [6, 6.07) is 9.64. The molecule has 0 bridgehead atoms. The molecule has 0 spiro atoms. The van der Waals surface area contributed by atoms with Crippen molar-refractivity contribution in [3.63, 3.8) is 0 Å². The summed E-state index contributed by atoms with van der Waals surface area (Å²) in [6.07, 6.45) is 0.695. The summed E-state index contributed by atoms with van der Waals surface area (Å²) in [5.74, 6) is 1.13.